The summed E-state index contributed by atoms with van der Waals surface area (Å²) in [5, 5.41) is 0. The number of pyridine rings is 1. The van der Waals surface area contributed by atoms with Crippen molar-refractivity contribution in [2.24, 2.45) is 4.99 Å². The number of guanidine groups is 1. The van der Waals surface area contributed by atoms with E-state index in [0.29, 0.717) is 5.96 Å². The highest BCUT2D eigenvalue weighted by Crippen LogP contribution is 2.34. The van der Waals surface area contributed by atoms with Gasteiger partial charge in [-0.2, -0.15) is 13.2 Å². The van der Waals surface area contributed by atoms with E-state index in [1.54, 1.807) is 0 Å². The third-order valence-corrected chi connectivity index (χ3v) is 2.46. The van der Waals surface area contributed by atoms with Crippen LogP contribution in [0.2, 0.25) is 0 Å². The molecule has 1 heterocycles. The first-order valence-corrected chi connectivity index (χ1v) is 6.27. The first kappa shape index (κ1) is 20.7. The molecule has 0 fully saturated rings. The van der Waals surface area contributed by atoms with E-state index in [-0.39, 0.29) is 37.1 Å². The minimum Gasteiger partial charge on any atom is -0.475 e. The smallest absolute Gasteiger partial charge is 0.421 e. The van der Waals surface area contributed by atoms with Gasteiger partial charge in [-0.3, -0.25) is 0 Å². The van der Waals surface area contributed by atoms with E-state index in [1.165, 1.54) is 12.3 Å². The number of ether oxygens (including phenoxy) is 1. The highest BCUT2D eigenvalue weighted by atomic mass is 127. The van der Waals surface area contributed by atoms with Gasteiger partial charge in [0.25, 0.3) is 0 Å². The Kier molecular flexibility index (Phi) is 8.49. The summed E-state index contributed by atoms with van der Waals surface area (Å²) >= 11 is 0. The third kappa shape index (κ3) is 6.24. The molecule has 1 rings (SSSR count). The third-order valence-electron chi connectivity index (χ3n) is 2.46. The van der Waals surface area contributed by atoms with Gasteiger partial charge in [0.05, 0.1) is 6.54 Å². The number of halogens is 4. The molecule has 1 aromatic heterocycles. The average molecular weight is 432 g/mol. The molecule has 0 saturated heterocycles. The molecule has 0 unspecified atom stereocenters. The molecular formula is C13H20F3IN4O. The first-order chi connectivity index (χ1) is 9.73. The van der Waals surface area contributed by atoms with E-state index in [0.717, 1.165) is 6.07 Å². The number of aliphatic imine (C=N–C) groups is 1. The van der Waals surface area contributed by atoms with Gasteiger partial charge in [0.2, 0.25) is 5.88 Å². The first-order valence-electron chi connectivity index (χ1n) is 6.27. The molecule has 1 aromatic rings. The molecule has 5 nitrogen and oxygen atoms in total. The highest BCUT2D eigenvalue weighted by Gasteiger charge is 2.34. The van der Waals surface area contributed by atoms with Gasteiger partial charge in [0.1, 0.15) is 12.2 Å². The Hall–Kier alpha value is -1.26. The van der Waals surface area contributed by atoms with Crippen molar-refractivity contribution in [3.8, 4) is 5.88 Å². The summed E-state index contributed by atoms with van der Waals surface area (Å²) in [6.45, 7) is 0.255. The topological polar surface area (TPSA) is 41.0 Å². The van der Waals surface area contributed by atoms with Gasteiger partial charge in [-0.25, -0.2) is 9.98 Å². The van der Waals surface area contributed by atoms with Gasteiger partial charge in [-0.1, -0.05) is 0 Å². The van der Waals surface area contributed by atoms with Crippen LogP contribution in [0.4, 0.5) is 13.2 Å². The molecule has 0 spiro atoms. The molecule has 0 bridgehead atoms. The molecule has 0 aliphatic rings. The lowest BCUT2D eigenvalue weighted by molar-refractivity contribution is -0.139. The Balaban J connectivity index is 0.00000441. The number of alkyl halides is 3. The van der Waals surface area contributed by atoms with Crippen LogP contribution in [0, 0.1) is 0 Å². The van der Waals surface area contributed by atoms with Crippen LogP contribution in [-0.2, 0) is 6.18 Å². The fraction of sp³-hybridized carbons (Fsp3) is 0.538. The van der Waals surface area contributed by atoms with Crippen LogP contribution in [0.15, 0.2) is 23.3 Å². The zero-order valence-corrected chi connectivity index (χ0v) is 15.2. The van der Waals surface area contributed by atoms with E-state index in [4.69, 9.17) is 4.74 Å². The number of nitrogens with zero attached hydrogens (tertiary/aromatic N) is 4. The molecule has 126 valence electrons. The Bertz CT molecular complexity index is 482. The van der Waals surface area contributed by atoms with Gasteiger partial charge in [-0.05, 0) is 12.1 Å². The molecule has 22 heavy (non-hydrogen) atoms. The molecule has 0 atom stereocenters. The van der Waals surface area contributed by atoms with Gasteiger partial charge >= 0.3 is 6.18 Å². The van der Waals surface area contributed by atoms with Crippen molar-refractivity contribution < 1.29 is 17.9 Å². The van der Waals surface area contributed by atoms with Crippen LogP contribution in [0.5, 0.6) is 5.88 Å². The number of hydrogen-bond acceptors (Lipinski definition) is 3. The Labute approximate surface area is 145 Å². The predicted molar refractivity (Wildman–Crippen MR) is 89.8 cm³/mol. The van der Waals surface area contributed by atoms with Gasteiger partial charge in [-0.15, -0.1) is 24.0 Å². The summed E-state index contributed by atoms with van der Waals surface area (Å²) < 4.78 is 43.3. The van der Waals surface area contributed by atoms with E-state index in [2.05, 4.69) is 9.98 Å². The number of hydrogen-bond donors (Lipinski definition) is 0. The van der Waals surface area contributed by atoms with Crippen molar-refractivity contribution in [3.63, 3.8) is 0 Å². The van der Waals surface area contributed by atoms with E-state index >= 15 is 0 Å². The van der Waals surface area contributed by atoms with Crippen LogP contribution < -0.4 is 4.74 Å². The molecule has 0 amide bonds. The Morgan fingerprint density at radius 1 is 1.23 bits per heavy atom. The van der Waals surface area contributed by atoms with Crippen molar-refractivity contribution in [2.75, 3.05) is 41.3 Å². The summed E-state index contributed by atoms with van der Waals surface area (Å²) in [5.41, 5.74) is -0.880. The quantitative estimate of drug-likeness (QED) is 0.318. The van der Waals surface area contributed by atoms with Crippen molar-refractivity contribution in [3.05, 3.63) is 23.9 Å². The Morgan fingerprint density at radius 3 is 2.32 bits per heavy atom. The second-order valence-corrected chi connectivity index (χ2v) is 4.67. The van der Waals surface area contributed by atoms with Crippen molar-refractivity contribution in [2.45, 2.75) is 6.18 Å². The number of rotatable bonds is 4. The normalized spacial score (nSPS) is 10.5. The second-order valence-electron chi connectivity index (χ2n) is 4.67. The Morgan fingerprint density at radius 2 is 1.82 bits per heavy atom. The molecule has 0 N–H and O–H groups in total. The summed E-state index contributed by atoms with van der Waals surface area (Å²) in [6, 6.07) is 2.17. The summed E-state index contributed by atoms with van der Waals surface area (Å²) in [6.07, 6.45) is -3.22. The zero-order valence-electron chi connectivity index (χ0n) is 12.9. The molecule has 0 aliphatic heterocycles. The van der Waals surface area contributed by atoms with Crippen LogP contribution in [-0.4, -0.2) is 62.1 Å². The lowest BCUT2D eigenvalue weighted by Gasteiger charge is -2.22. The zero-order chi connectivity index (χ0) is 16.0. The van der Waals surface area contributed by atoms with Crippen LogP contribution >= 0.6 is 24.0 Å². The maximum Gasteiger partial charge on any atom is 0.421 e. The van der Waals surface area contributed by atoms with Crippen molar-refractivity contribution in [1.29, 1.82) is 0 Å². The monoisotopic (exact) mass is 432 g/mol. The average Bonchev–Trinajstić information content (AvgIpc) is 2.36. The fourth-order valence-corrected chi connectivity index (χ4v) is 1.69. The van der Waals surface area contributed by atoms with Gasteiger partial charge in [0.15, 0.2) is 5.96 Å². The minimum absolute atomic E-state index is 0. The van der Waals surface area contributed by atoms with Crippen LogP contribution in [0.3, 0.4) is 0 Å². The van der Waals surface area contributed by atoms with Gasteiger partial charge < -0.3 is 14.5 Å². The maximum absolute atomic E-state index is 12.7. The van der Waals surface area contributed by atoms with E-state index < -0.39 is 17.6 Å². The fourth-order valence-electron chi connectivity index (χ4n) is 1.69. The molecule has 0 radical (unpaired) electrons. The number of aromatic nitrogens is 1. The minimum atomic E-state index is -4.48. The van der Waals surface area contributed by atoms with Crippen LogP contribution in [0.25, 0.3) is 0 Å². The largest absolute Gasteiger partial charge is 0.475 e. The molecule has 0 saturated carbocycles. The highest BCUT2D eigenvalue weighted by molar-refractivity contribution is 14.0. The van der Waals surface area contributed by atoms with Crippen molar-refractivity contribution >= 4 is 29.9 Å². The summed E-state index contributed by atoms with van der Waals surface area (Å²) in [7, 11) is 7.33. The lowest BCUT2D eigenvalue weighted by atomic mass is 10.2. The molecule has 0 aromatic carbocycles. The molecule has 0 aliphatic carbocycles. The second kappa shape index (κ2) is 9.01. The predicted octanol–water partition coefficient (Wildman–Crippen LogP) is 2.58. The van der Waals surface area contributed by atoms with Crippen LogP contribution in [0.1, 0.15) is 5.56 Å². The summed E-state index contributed by atoms with van der Waals surface area (Å²) in [5.74, 6) is 0.284. The van der Waals surface area contributed by atoms with E-state index in [9.17, 15) is 13.2 Å². The molecular weight excluding hydrogens is 412 g/mol. The van der Waals surface area contributed by atoms with Crippen molar-refractivity contribution in [1.82, 2.24) is 14.8 Å². The maximum atomic E-state index is 12.7. The lowest BCUT2D eigenvalue weighted by Crippen LogP contribution is -2.35. The van der Waals surface area contributed by atoms with E-state index in [1.807, 2.05) is 38.0 Å². The standard InChI is InChI=1S/C13H19F3N4O.HI/c1-19(2)12(20(3)4)18-8-9-21-11-10(13(14,15)16)6-5-7-17-11;/h5-7H,8-9H2,1-4H3;1H. The van der Waals surface area contributed by atoms with Gasteiger partial charge in [0, 0.05) is 34.4 Å². The summed E-state index contributed by atoms with van der Waals surface area (Å²) in [4.78, 5) is 11.5. The molecule has 9 heteroatoms. The SMILES string of the molecule is CN(C)C(=NCCOc1ncccc1C(F)(F)F)N(C)C.I.